The van der Waals surface area contributed by atoms with Gasteiger partial charge in [-0.1, -0.05) is 34.8 Å². The van der Waals surface area contributed by atoms with Gasteiger partial charge in [0, 0.05) is 18.7 Å². The van der Waals surface area contributed by atoms with E-state index in [4.69, 9.17) is 34.8 Å². The van der Waals surface area contributed by atoms with E-state index in [-0.39, 0.29) is 17.7 Å². The molecule has 0 amide bonds. The van der Waals surface area contributed by atoms with E-state index >= 15 is 0 Å². The summed E-state index contributed by atoms with van der Waals surface area (Å²) in [7, 11) is 0. The van der Waals surface area contributed by atoms with Crippen molar-refractivity contribution >= 4 is 40.8 Å². The molecule has 1 aliphatic rings. The highest BCUT2D eigenvalue weighted by molar-refractivity contribution is 6.66. The third kappa shape index (κ3) is 3.57. The van der Waals surface area contributed by atoms with Crippen LogP contribution in [0.3, 0.4) is 0 Å². The van der Waals surface area contributed by atoms with Crippen LogP contribution < -0.4 is 10.6 Å². The van der Waals surface area contributed by atoms with Crippen molar-refractivity contribution in [1.29, 1.82) is 0 Å². The Balaban J connectivity index is 2.00. The number of hydrogen-bond donors (Lipinski definition) is 2. The number of nitrogens with zero attached hydrogens (tertiary/aromatic N) is 3. The van der Waals surface area contributed by atoms with E-state index in [1.165, 1.54) is 12.1 Å². The van der Waals surface area contributed by atoms with Crippen LogP contribution in [0.25, 0.3) is 11.4 Å². The Labute approximate surface area is 141 Å². The van der Waals surface area contributed by atoms with Crippen LogP contribution in [0.4, 0.5) is 10.3 Å². The van der Waals surface area contributed by atoms with Gasteiger partial charge in [0.15, 0.2) is 11.6 Å². The van der Waals surface area contributed by atoms with E-state index in [2.05, 4.69) is 25.6 Å². The molecule has 1 aromatic heterocycles. The molecule has 1 aromatic carbocycles. The minimum Gasteiger partial charge on any atom is -0.349 e. The highest BCUT2D eigenvalue weighted by Gasteiger charge is 2.29. The predicted molar refractivity (Wildman–Crippen MR) is 84.7 cm³/mol. The number of nitrogens with one attached hydrogen (secondary N) is 2. The van der Waals surface area contributed by atoms with Crippen molar-refractivity contribution in [2.75, 3.05) is 18.4 Å². The summed E-state index contributed by atoms with van der Waals surface area (Å²) in [6.45, 7) is 1.61. The topological polar surface area (TPSA) is 62.7 Å². The summed E-state index contributed by atoms with van der Waals surface area (Å²) in [4.78, 5) is 12.6. The van der Waals surface area contributed by atoms with Gasteiger partial charge in [-0.2, -0.15) is 9.97 Å². The molecule has 116 valence electrons. The van der Waals surface area contributed by atoms with Crippen LogP contribution in [-0.4, -0.2) is 34.1 Å². The zero-order valence-corrected chi connectivity index (χ0v) is 13.4. The molecule has 2 aromatic rings. The van der Waals surface area contributed by atoms with Gasteiger partial charge >= 0.3 is 0 Å². The molecule has 0 aliphatic carbocycles. The standard InChI is InChI=1S/C13H11Cl3FN5/c14-13(15,16)11-20-10(7-1-3-8(17)4-2-7)21-12(22-11)19-9-5-18-6-9/h1-4,9,18H,5-6H2,(H,19,20,21,22). The Bertz CT molecular complexity index is 670. The predicted octanol–water partition coefficient (Wildman–Crippen LogP) is 2.89. The van der Waals surface area contributed by atoms with Gasteiger partial charge < -0.3 is 10.6 Å². The molecule has 1 aliphatic heterocycles. The van der Waals surface area contributed by atoms with Gasteiger partial charge in [-0.25, -0.2) is 9.37 Å². The minimum absolute atomic E-state index is 0.0154. The van der Waals surface area contributed by atoms with Crippen LogP contribution in [0.5, 0.6) is 0 Å². The first kappa shape index (κ1) is 15.7. The lowest BCUT2D eigenvalue weighted by molar-refractivity contribution is 0.469. The maximum Gasteiger partial charge on any atom is 0.250 e. The fourth-order valence-electron chi connectivity index (χ4n) is 1.87. The van der Waals surface area contributed by atoms with E-state index in [0.29, 0.717) is 17.3 Å². The molecule has 0 saturated carbocycles. The van der Waals surface area contributed by atoms with Crippen molar-refractivity contribution in [2.24, 2.45) is 0 Å². The number of alkyl halides is 3. The number of hydrogen-bond acceptors (Lipinski definition) is 5. The van der Waals surface area contributed by atoms with E-state index in [1.807, 2.05) is 0 Å². The monoisotopic (exact) mass is 361 g/mol. The largest absolute Gasteiger partial charge is 0.349 e. The molecular formula is C13H11Cl3FN5. The van der Waals surface area contributed by atoms with Crippen molar-refractivity contribution in [3.05, 3.63) is 35.9 Å². The third-order valence-corrected chi connectivity index (χ3v) is 3.61. The molecular weight excluding hydrogens is 352 g/mol. The molecule has 0 unspecified atom stereocenters. The lowest BCUT2D eigenvalue weighted by Crippen LogP contribution is -2.51. The Morgan fingerprint density at radius 1 is 1.09 bits per heavy atom. The normalized spacial score (nSPS) is 15.5. The number of rotatable bonds is 3. The summed E-state index contributed by atoms with van der Waals surface area (Å²) in [5.41, 5.74) is 0.606. The highest BCUT2D eigenvalue weighted by atomic mass is 35.6. The quantitative estimate of drug-likeness (QED) is 0.822. The molecule has 0 bridgehead atoms. The van der Waals surface area contributed by atoms with Crippen LogP contribution in [0.15, 0.2) is 24.3 Å². The van der Waals surface area contributed by atoms with Crippen molar-refractivity contribution in [1.82, 2.24) is 20.3 Å². The SMILES string of the molecule is Fc1ccc(-c2nc(NC3CNC3)nc(C(Cl)(Cl)Cl)n2)cc1. The van der Waals surface area contributed by atoms with E-state index in [9.17, 15) is 4.39 Å². The van der Waals surface area contributed by atoms with Crippen LogP contribution in [-0.2, 0) is 3.79 Å². The second kappa shape index (κ2) is 6.12. The summed E-state index contributed by atoms with van der Waals surface area (Å²) in [6, 6.07) is 5.96. The second-order valence-electron chi connectivity index (χ2n) is 4.81. The maximum atomic E-state index is 13.0. The first-order valence-corrected chi connectivity index (χ1v) is 7.62. The van der Waals surface area contributed by atoms with Gasteiger partial charge in [0.1, 0.15) is 5.82 Å². The van der Waals surface area contributed by atoms with E-state index in [1.54, 1.807) is 12.1 Å². The molecule has 1 saturated heterocycles. The van der Waals surface area contributed by atoms with Crippen molar-refractivity contribution in [2.45, 2.75) is 9.83 Å². The van der Waals surface area contributed by atoms with Gasteiger partial charge in [-0.05, 0) is 24.3 Å². The molecule has 5 nitrogen and oxygen atoms in total. The molecule has 0 spiro atoms. The maximum absolute atomic E-state index is 13.0. The van der Waals surface area contributed by atoms with Gasteiger partial charge in [0.05, 0.1) is 6.04 Å². The molecule has 2 N–H and O–H groups in total. The van der Waals surface area contributed by atoms with Crippen molar-refractivity contribution in [3.8, 4) is 11.4 Å². The Kier molecular flexibility index (Phi) is 4.36. The molecule has 1 fully saturated rings. The number of anilines is 1. The van der Waals surface area contributed by atoms with Gasteiger partial charge in [0.2, 0.25) is 9.74 Å². The van der Waals surface area contributed by atoms with Gasteiger partial charge in [-0.15, -0.1) is 0 Å². The highest BCUT2D eigenvalue weighted by Crippen LogP contribution is 2.36. The average molecular weight is 363 g/mol. The Morgan fingerprint density at radius 3 is 2.32 bits per heavy atom. The smallest absolute Gasteiger partial charge is 0.250 e. The molecule has 0 radical (unpaired) electrons. The van der Waals surface area contributed by atoms with Crippen LogP contribution in [0.1, 0.15) is 5.82 Å². The van der Waals surface area contributed by atoms with Crippen LogP contribution in [0.2, 0.25) is 0 Å². The summed E-state index contributed by atoms with van der Waals surface area (Å²) < 4.78 is 11.3. The molecule has 2 heterocycles. The summed E-state index contributed by atoms with van der Waals surface area (Å²) >= 11 is 17.6. The fourth-order valence-corrected chi connectivity index (χ4v) is 2.12. The molecule has 9 heteroatoms. The summed E-state index contributed by atoms with van der Waals surface area (Å²) in [5.74, 6) is 0.299. The summed E-state index contributed by atoms with van der Waals surface area (Å²) in [5, 5.41) is 6.26. The van der Waals surface area contributed by atoms with Crippen LogP contribution >= 0.6 is 34.8 Å². The lowest BCUT2D eigenvalue weighted by Gasteiger charge is -2.28. The molecule has 22 heavy (non-hydrogen) atoms. The second-order valence-corrected chi connectivity index (χ2v) is 7.09. The minimum atomic E-state index is -1.77. The zero-order chi connectivity index (χ0) is 15.7. The number of halogens is 4. The van der Waals surface area contributed by atoms with Gasteiger partial charge in [0.25, 0.3) is 0 Å². The van der Waals surface area contributed by atoms with E-state index in [0.717, 1.165) is 13.1 Å². The zero-order valence-electron chi connectivity index (χ0n) is 11.2. The summed E-state index contributed by atoms with van der Waals surface area (Å²) in [6.07, 6.45) is 0. The molecule has 3 rings (SSSR count). The van der Waals surface area contributed by atoms with Gasteiger partial charge in [-0.3, -0.25) is 0 Å². The fraction of sp³-hybridized carbons (Fsp3) is 0.308. The lowest BCUT2D eigenvalue weighted by atomic mass is 10.2. The first-order chi connectivity index (χ1) is 10.4. The third-order valence-electron chi connectivity index (χ3n) is 3.11. The van der Waals surface area contributed by atoms with E-state index < -0.39 is 3.79 Å². The van der Waals surface area contributed by atoms with Crippen LogP contribution in [0, 0.1) is 5.82 Å². The first-order valence-electron chi connectivity index (χ1n) is 6.48. The van der Waals surface area contributed by atoms with Crippen molar-refractivity contribution in [3.63, 3.8) is 0 Å². The Morgan fingerprint density at radius 2 is 1.77 bits per heavy atom. The Hall–Kier alpha value is -1.21. The van der Waals surface area contributed by atoms with Crippen molar-refractivity contribution < 1.29 is 4.39 Å². The molecule has 0 atom stereocenters. The number of aromatic nitrogens is 3. The average Bonchev–Trinajstić information content (AvgIpc) is 2.42. The number of benzene rings is 1.